The van der Waals surface area contributed by atoms with Crippen molar-refractivity contribution in [1.29, 1.82) is 0 Å². The Kier molecular flexibility index (Phi) is 6.19. The summed E-state index contributed by atoms with van der Waals surface area (Å²) in [5, 5.41) is 0. The maximum atomic E-state index is 13.3. The molecule has 0 N–H and O–H groups in total. The van der Waals surface area contributed by atoms with Crippen molar-refractivity contribution in [3.8, 4) is 0 Å². The summed E-state index contributed by atoms with van der Waals surface area (Å²) in [5.41, 5.74) is 2.88. The molecular weight excluding hydrogens is 331 g/mol. The molecular formula is C21H21O3P. The van der Waals surface area contributed by atoms with Crippen LogP contribution in [0.4, 0.5) is 0 Å². The summed E-state index contributed by atoms with van der Waals surface area (Å²) in [6.45, 7) is 0.527. The van der Waals surface area contributed by atoms with E-state index < -0.39 is 7.60 Å². The van der Waals surface area contributed by atoms with Crippen LogP contribution in [0.25, 0.3) is 0 Å². The molecule has 0 aromatic heterocycles. The Morgan fingerprint density at radius 3 is 1.32 bits per heavy atom. The minimum Gasteiger partial charge on any atom is -0.304 e. The number of hydrogen-bond donors (Lipinski definition) is 0. The number of rotatable bonds is 8. The van der Waals surface area contributed by atoms with Gasteiger partial charge in [0.15, 0.2) is 0 Å². The van der Waals surface area contributed by atoms with Gasteiger partial charge >= 0.3 is 7.60 Å². The van der Waals surface area contributed by atoms with E-state index in [9.17, 15) is 4.57 Å². The molecule has 0 radical (unpaired) electrons. The van der Waals surface area contributed by atoms with Crippen molar-refractivity contribution in [3.63, 3.8) is 0 Å². The summed E-state index contributed by atoms with van der Waals surface area (Å²) < 4.78 is 24.8. The summed E-state index contributed by atoms with van der Waals surface area (Å²) in [7, 11) is -3.27. The van der Waals surface area contributed by atoms with Crippen LogP contribution in [-0.2, 0) is 33.0 Å². The quantitative estimate of drug-likeness (QED) is 0.480. The second-order valence-electron chi connectivity index (χ2n) is 5.77. The van der Waals surface area contributed by atoms with Gasteiger partial charge in [-0.05, 0) is 16.7 Å². The molecule has 3 aromatic carbocycles. The molecule has 0 aliphatic carbocycles. The minimum absolute atomic E-state index is 0.257. The van der Waals surface area contributed by atoms with Crippen LogP contribution in [0, 0.1) is 0 Å². The molecule has 25 heavy (non-hydrogen) atoms. The molecule has 0 fully saturated rings. The van der Waals surface area contributed by atoms with Crippen LogP contribution >= 0.6 is 7.60 Å². The Bertz CT molecular complexity index is 757. The van der Waals surface area contributed by atoms with E-state index >= 15 is 0 Å². The molecule has 0 saturated carbocycles. The van der Waals surface area contributed by atoms with Crippen molar-refractivity contribution in [2.75, 3.05) is 0 Å². The third-order valence-corrected chi connectivity index (χ3v) is 5.56. The van der Waals surface area contributed by atoms with Gasteiger partial charge in [0.05, 0.1) is 19.4 Å². The standard InChI is InChI=1S/C21H21O3P/c22-25(18-21-14-8-3-9-15-21,23-16-19-10-4-1-5-11-19)24-17-20-12-6-2-7-13-20/h1-15H,16-18H2. The minimum atomic E-state index is -3.27. The van der Waals surface area contributed by atoms with E-state index in [1.165, 1.54) is 0 Å². The van der Waals surface area contributed by atoms with Crippen LogP contribution in [0.5, 0.6) is 0 Å². The lowest BCUT2D eigenvalue weighted by Crippen LogP contribution is -2.00. The average Bonchev–Trinajstić information content (AvgIpc) is 2.68. The van der Waals surface area contributed by atoms with Crippen molar-refractivity contribution in [2.45, 2.75) is 19.4 Å². The topological polar surface area (TPSA) is 35.5 Å². The maximum Gasteiger partial charge on any atom is 0.335 e. The predicted octanol–water partition coefficient (Wildman–Crippen LogP) is 5.81. The van der Waals surface area contributed by atoms with E-state index in [1.54, 1.807) is 0 Å². The van der Waals surface area contributed by atoms with E-state index in [0.717, 1.165) is 16.7 Å². The second-order valence-corrected chi connectivity index (χ2v) is 7.83. The molecule has 128 valence electrons. The van der Waals surface area contributed by atoms with Crippen LogP contribution in [0.2, 0.25) is 0 Å². The first-order valence-corrected chi connectivity index (χ1v) is 9.96. The molecule has 0 aliphatic rings. The lowest BCUT2D eigenvalue weighted by molar-refractivity contribution is 0.190. The lowest BCUT2D eigenvalue weighted by Gasteiger charge is -2.19. The van der Waals surface area contributed by atoms with Gasteiger partial charge in [0.25, 0.3) is 0 Å². The molecule has 0 amide bonds. The zero-order chi connectivity index (χ0) is 17.4. The van der Waals surface area contributed by atoms with Gasteiger partial charge in [-0.15, -0.1) is 0 Å². The van der Waals surface area contributed by atoms with Crippen molar-refractivity contribution in [1.82, 2.24) is 0 Å². The van der Waals surface area contributed by atoms with Crippen LogP contribution < -0.4 is 0 Å². The average molecular weight is 352 g/mol. The van der Waals surface area contributed by atoms with Gasteiger partial charge in [-0.2, -0.15) is 0 Å². The SMILES string of the molecule is O=P(Cc1ccccc1)(OCc1ccccc1)OCc1ccccc1. The lowest BCUT2D eigenvalue weighted by atomic mass is 10.2. The number of hydrogen-bond acceptors (Lipinski definition) is 3. The molecule has 3 aromatic rings. The van der Waals surface area contributed by atoms with Gasteiger partial charge in [0.1, 0.15) is 0 Å². The molecule has 0 atom stereocenters. The van der Waals surface area contributed by atoms with Crippen LogP contribution in [0.3, 0.4) is 0 Å². The fourth-order valence-corrected chi connectivity index (χ4v) is 4.04. The molecule has 0 aliphatic heterocycles. The second kappa shape index (κ2) is 8.77. The molecule has 0 heterocycles. The zero-order valence-corrected chi connectivity index (χ0v) is 14.8. The van der Waals surface area contributed by atoms with E-state index in [-0.39, 0.29) is 19.4 Å². The van der Waals surface area contributed by atoms with Crippen molar-refractivity contribution in [3.05, 3.63) is 108 Å². The van der Waals surface area contributed by atoms with Gasteiger partial charge in [-0.3, -0.25) is 4.57 Å². The Morgan fingerprint density at radius 2 is 0.920 bits per heavy atom. The van der Waals surface area contributed by atoms with Crippen molar-refractivity contribution >= 4 is 7.60 Å². The first-order valence-electron chi connectivity index (χ1n) is 8.23. The third-order valence-electron chi connectivity index (χ3n) is 3.76. The molecule has 0 unspecified atom stereocenters. The van der Waals surface area contributed by atoms with Crippen LogP contribution in [-0.4, -0.2) is 0 Å². The monoisotopic (exact) mass is 352 g/mol. The highest BCUT2D eigenvalue weighted by atomic mass is 31.2. The summed E-state index contributed by atoms with van der Waals surface area (Å²) in [6, 6.07) is 29.1. The van der Waals surface area contributed by atoms with Gasteiger partial charge in [-0.25, -0.2) is 0 Å². The zero-order valence-electron chi connectivity index (χ0n) is 14.0. The van der Waals surface area contributed by atoms with E-state index in [0.29, 0.717) is 0 Å². The van der Waals surface area contributed by atoms with E-state index in [2.05, 4.69) is 0 Å². The molecule has 0 bridgehead atoms. The van der Waals surface area contributed by atoms with Gasteiger partial charge < -0.3 is 9.05 Å². The highest BCUT2D eigenvalue weighted by Gasteiger charge is 2.25. The largest absolute Gasteiger partial charge is 0.335 e. The van der Waals surface area contributed by atoms with Gasteiger partial charge in [-0.1, -0.05) is 91.0 Å². The summed E-state index contributed by atoms with van der Waals surface area (Å²) in [4.78, 5) is 0. The van der Waals surface area contributed by atoms with Gasteiger partial charge in [0, 0.05) is 0 Å². The predicted molar refractivity (Wildman–Crippen MR) is 100 cm³/mol. The maximum absolute atomic E-state index is 13.3. The Balaban J connectivity index is 1.71. The molecule has 4 heteroatoms. The first kappa shape index (κ1) is 17.6. The van der Waals surface area contributed by atoms with Crippen molar-refractivity contribution < 1.29 is 13.6 Å². The number of benzene rings is 3. The Hall–Kier alpha value is -2.19. The summed E-state index contributed by atoms with van der Waals surface area (Å²) in [6.07, 6.45) is 0.257. The molecule has 0 spiro atoms. The highest BCUT2D eigenvalue weighted by molar-refractivity contribution is 7.52. The van der Waals surface area contributed by atoms with E-state index in [4.69, 9.17) is 9.05 Å². The fourth-order valence-electron chi connectivity index (χ4n) is 2.43. The van der Waals surface area contributed by atoms with Crippen molar-refractivity contribution in [2.24, 2.45) is 0 Å². The summed E-state index contributed by atoms with van der Waals surface area (Å²) in [5.74, 6) is 0. The van der Waals surface area contributed by atoms with Gasteiger partial charge in [0.2, 0.25) is 0 Å². The summed E-state index contributed by atoms with van der Waals surface area (Å²) >= 11 is 0. The first-order chi connectivity index (χ1) is 12.2. The smallest absolute Gasteiger partial charge is 0.304 e. The van der Waals surface area contributed by atoms with Crippen LogP contribution in [0.15, 0.2) is 91.0 Å². The third kappa shape index (κ3) is 5.68. The Morgan fingerprint density at radius 1 is 0.560 bits per heavy atom. The molecule has 0 saturated heterocycles. The Labute approximate surface area is 148 Å². The van der Waals surface area contributed by atoms with Crippen LogP contribution in [0.1, 0.15) is 16.7 Å². The highest BCUT2D eigenvalue weighted by Crippen LogP contribution is 2.52. The molecule has 3 nitrogen and oxygen atoms in total. The normalized spacial score (nSPS) is 11.4. The van der Waals surface area contributed by atoms with E-state index in [1.807, 2.05) is 91.0 Å². The molecule has 3 rings (SSSR count). The fraction of sp³-hybridized carbons (Fsp3) is 0.143.